The topological polar surface area (TPSA) is 114 Å². The number of carbonyl (C=O) groups is 4. The van der Waals surface area contributed by atoms with E-state index in [-0.39, 0.29) is 49.8 Å². The van der Waals surface area contributed by atoms with Gasteiger partial charge in [-0.05, 0) is 12.5 Å². The summed E-state index contributed by atoms with van der Waals surface area (Å²) in [5.74, 6) is -2.66. The highest BCUT2D eigenvalue weighted by Gasteiger charge is 2.55. The van der Waals surface area contributed by atoms with Crippen molar-refractivity contribution < 1.29 is 46.6 Å². The van der Waals surface area contributed by atoms with E-state index in [4.69, 9.17) is 14.2 Å². The second kappa shape index (κ2) is 10.0. The first-order valence-corrected chi connectivity index (χ1v) is 10.2. The second-order valence-corrected chi connectivity index (χ2v) is 7.46. The number of fused-ring (bicyclic) bond motifs is 1. The van der Waals surface area contributed by atoms with Gasteiger partial charge < -0.3 is 24.4 Å². The molecule has 0 aromatic rings. The van der Waals surface area contributed by atoms with Crippen molar-refractivity contribution in [2.45, 2.75) is 24.7 Å². The van der Waals surface area contributed by atoms with Gasteiger partial charge in [0.2, 0.25) is 5.91 Å². The summed E-state index contributed by atoms with van der Waals surface area (Å²) in [5, 5.41) is 2.37. The number of alkyl halides is 3. The third-order valence-electron chi connectivity index (χ3n) is 5.12. The fourth-order valence-corrected chi connectivity index (χ4v) is 3.65. The van der Waals surface area contributed by atoms with Crippen molar-refractivity contribution in [2.24, 2.45) is 0 Å². The van der Waals surface area contributed by atoms with Crippen molar-refractivity contribution in [3.8, 4) is 0 Å². The van der Waals surface area contributed by atoms with Crippen molar-refractivity contribution >= 4 is 23.9 Å². The summed E-state index contributed by atoms with van der Waals surface area (Å²) in [4.78, 5) is 51.3. The summed E-state index contributed by atoms with van der Waals surface area (Å²) in [6.07, 6.45) is -1.65. The molecule has 3 aliphatic rings. The fraction of sp³-hybridized carbons (Fsp3) is 0.429. The monoisotopic (exact) mass is 485 g/mol. The lowest BCUT2D eigenvalue weighted by Crippen LogP contribution is -2.73. The van der Waals surface area contributed by atoms with E-state index in [1.807, 2.05) is 0 Å². The van der Waals surface area contributed by atoms with Crippen LogP contribution in [0.15, 0.2) is 48.4 Å². The lowest BCUT2D eigenvalue weighted by atomic mass is 9.92. The highest BCUT2D eigenvalue weighted by Crippen LogP contribution is 2.35. The zero-order chi connectivity index (χ0) is 25.0. The predicted molar refractivity (Wildman–Crippen MR) is 109 cm³/mol. The van der Waals surface area contributed by atoms with Crippen molar-refractivity contribution in [2.75, 3.05) is 32.9 Å². The highest BCUT2D eigenvalue weighted by molar-refractivity contribution is 6.02. The zero-order valence-corrected chi connectivity index (χ0v) is 17.9. The molecule has 2 atom stereocenters. The Hall–Kier alpha value is -3.77. The lowest BCUT2D eigenvalue weighted by molar-refractivity contribution is -0.160. The van der Waals surface area contributed by atoms with Gasteiger partial charge in [-0.1, -0.05) is 25.3 Å². The van der Waals surface area contributed by atoms with Crippen LogP contribution < -0.4 is 5.32 Å². The number of alkyl carbamates (subject to hydrolysis) is 1. The maximum atomic E-state index is 12.7. The summed E-state index contributed by atoms with van der Waals surface area (Å²) >= 11 is 0. The molecule has 184 valence electrons. The zero-order valence-electron chi connectivity index (χ0n) is 17.9. The fourth-order valence-electron chi connectivity index (χ4n) is 3.65. The van der Waals surface area contributed by atoms with Crippen molar-refractivity contribution in [3.63, 3.8) is 0 Å². The van der Waals surface area contributed by atoms with Gasteiger partial charge in [0.1, 0.15) is 38.4 Å². The van der Waals surface area contributed by atoms with Gasteiger partial charge in [0.05, 0.1) is 0 Å². The second-order valence-electron chi connectivity index (χ2n) is 7.46. The van der Waals surface area contributed by atoms with E-state index in [1.54, 1.807) is 0 Å². The van der Waals surface area contributed by atoms with E-state index in [0.29, 0.717) is 4.90 Å². The van der Waals surface area contributed by atoms with Gasteiger partial charge in [-0.15, -0.1) is 0 Å². The van der Waals surface area contributed by atoms with Gasteiger partial charge >= 0.3 is 18.2 Å². The highest BCUT2D eigenvalue weighted by atomic mass is 19.4. The Kier molecular flexibility index (Phi) is 7.32. The Balaban J connectivity index is 1.85. The van der Waals surface area contributed by atoms with Crippen LogP contribution in [-0.4, -0.2) is 84.8 Å². The number of halogens is 3. The van der Waals surface area contributed by atoms with E-state index in [1.165, 1.54) is 12.2 Å². The Morgan fingerprint density at radius 2 is 1.85 bits per heavy atom. The number of nitrogens with zero attached hydrogens (tertiary/aromatic N) is 2. The molecule has 0 aromatic heterocycles. The van der Waals surface area contributed by atoms with Crippen LogP contribution >= 0.6 is 0 Å². The standard InChI is InChI=1S/C21H22F3N3O7/c1-3-7-32-19(30)16-14(9-12-5-6-26(17(12)28)11-21(22,23)24)34-10-13-15(18(29)27(13)16)25-20(31)33-8-4-2/h3-4,9,13,15H,1-2,5-8,10-11H2,(H,25,31)/t13-,15+/m1/s1. The molecule has 0 spiro atoms. The molecule has 2 fully saturated rings. The summed E-state index contributed by atoms with van der Waals surface area (Å²) in [7, 11) is 0. The number of allylic oxidation sites excluding steroid dienone is 1. The van der Waals surface area contributed by atoms with Gasteiger partial charge in [-0.25, -0.2) is 9.59 Å². The Morgan fingerprint density at radius 3 is 2.50 bits per heavy atom. The van der Waals surface area contributed by atoms with E-state index in [2.05, 4.69) is 18.5 Å². The number of likely N-dealkylation sites (tertiary alicyclic amines) is 1. The van der Waals surface area contributed by atoms with Crippen LogP contribution in [0.5, 0.6) is 0 Å². The smallest absolute Gasteiger partial charge is 0.408 e. The molecule has 1 N–H and O–H groups in total. The molecule has 3 amide bonds. The first-order chi connectivity index (χ1) is 16.1. The van der Waals surface area contributed by atoms with Gasteiger partial charge in [-0.3, -0.25) is 14.5 Å². The predicted octanol–water partition coefficient (Wildman–Crippen LogP) is 1.17. The minimum atomic E-state index is -4.56. The van der Waals surface area contributed by atoms with Gasteiger partial charge in [0, 0.05) is 12.1 Å². The maximum Gasteiger partial charge on any atom is 0.408 e. The number of hydrogen-bond donors (Lipinski definition) is 1. The number of amides is 3. The number of rotatable bonds is 8. The van der Waals surface area contributed by atoms with Crippen LogP contribution in [-0.2, 0) is 28.6 Å². The number of esters is 1. The molecule has 3 heterocycles. The minimum absolute atomic E-state index is 0.00649. The molecule has 2 saturated heterocycles. The quantitative estimate of drug-likeness (QED) is 0.238. The Labute approximate surface area is 192 Å². The first-order valence-electron chi connectivity index (χ1n) is 10.2. The third-order valence-corrected chi connectivity index (χ3v) is 5.12. The van der Waals surface area contributed by atoms with Gasteiger partial charge in [-0.2, -0.15) is 13.2 Å². The maximum absolute atomic E-state index is 12.7. The normalized spacial score (nSPS) is 23.2. The lowest BCUT2D eigenvalue weighted by Gasteiger charge is -2.49. The molecule has 13 heteroatoms. The Bertz CT molecular complexity index is 973. The van der Waals surface area contributed by atoms with Crippen molar-refractivity contribution in [1.29, 1.82) is 0 Å². The van der Waals surface area contributed by atoms with Crippen LogP contribution in [0, 0.1) is 0 Å². The molecule has 10 nitrogen and oxygen atoms in total. The molecule has 0 saturated carbocycles. The van der Waals surface area contributed by atoms with Crippen LogP contribution in [0.1, 0.15) is 6.42 Å². The van der Waals surface area contributed by atoms with Crippen LogP contribution in [0.4, 0.5) is 18.0 Å². The van der Waals surface area contributed by atoms with Crippen LogP contribution in [0.3, 0.4) is 0 Å². The molecule has 3 rings (SSSR count). The van der Waals surface area contributed by atoms with Gasteiger partial charge in [0.15, 0.2) is 11.5 Å². The molecule has 0 aromatic carbocycles. The summed E-state index contributed by atoms with van der Waals surface area (Å²) in [6.45, 7) is 4.86. The first kappa shape index (κ1) is 24.9. The number of carbonyl (C=O) groups excluding carboxylic acids is 4. The van der Waals surface area contributed by atoms with Crippen LogP contribution in [0.25, 0.3) is 0 Å². The number of hydrogen-bond acceptors (Lipinski definition) is 7. The minimum Gasteiger partial charge on any atom is -0.489 e. The average molecular weight is 485 g/mol. The largest absolute Gasteiger partial charge is 0.489 e. The Morgan fingerprint density at radius 1 is 1.18 bits per heavy atom. The van der Waals surface area contributed by atoms with Crippen molar-refractivity contribution in [3.05, 3.63) is 48.4 Å². The molecular formula is C21H22F3N3O7. The molecule has 0 bridgehead atoms. The molecule has 34 heavy (non-hydrogen) atoms. The van der Waals surface area contributed by atoms with E-state index in [0.717, 1.165) is 11.0 Å². The summed E-state index contributed by atoms with van der Waals surface area (Å²) < 4.78 is 53.5. The third kappa shape index (κ3) is 5.24. The van der Waals surface area contributed by atoms with E-state index in [9.17, 15) is 32.3 Å². The number of β-lactam (4-membered cyclic amide) rings is 1. The summed E-state index contributed by atoms with van der Waals surface area (Å²) in [5.41, 5.74) is -0.336. The van der Waals surface area contributed by atoms with Gasteiger partial charge in [0.25, 0.3) is 5.91 Å². The van der Waals surface area contributed by atoms with E-state index >= 15 is 0 Å². The SMILES string of the molecule is C=CCOC(=O)N[C@@H]1C(=O)N2C(C(=O)OCC=C)=C(C=C3CCN(CC(F)(F)F)C3=O)OC[C@H]12. The van der Waals surface area contributed by atoms with Crippen LogP contribution in [0.2, 0.25) is 0 Å². The number of nitrogens with one attached hydrogen (secondary N) is 1. The average Bonchev–Trinajstić information content (AvgIpc) is 3.11. The summed E-state index contributed by atoms with van der Waals surface area (Å²) in [6, 6.07) is -1.80. The molecule has 0 radical (unpaired) electrons. The number of ether oxygens (including phenoxy) is 3. The van der Waals surface area contributed by atoms with Crippen molar-refractivity contribution in [1.82, 2.24) is 15.1 Å². The molecular weight excluding hydrogens is 463 g/mol. The molecule has 0 unspecified atom stereocenters. The van der Waals surface area contributed by atoms with E-state index < -0.39 is 48.7 Å². The molecule has 3 aliphatic heterocycles. The molecule has 0 aliphatic carbocycles.